The van der Waals surface area contributed by atoms with Crippen molar-refractivity contribution in [3.8, 4) is 22.8 Å². The van der Waals surface area contributed by atoms with Crippen LogP contribution in [-0.2, 0) is 6.42 Å². The van der Waals surface area contributed by atoms with Crippen LogP contribution in [0.2, 0.25) is 0 Å². The van der Waals surface area contributed by atoms with E-state index in [0.717, 1.165) is 16.5 Å². The van der Waals surface area contributed by atoms with Crippen LogP contribution >= 0.6 is 0 Å². The average Bonchev–Trinajstić information content (AvgIpc) is 3.34. The number of aromatic carboxylic acids is 1. The van der Waals surface area contributed by atoms with E-state index in [9.17, 15) is 14.7 Å². The summed E-state index contributed by atoms with van der Waals surface area (Å²) in [6.45, 7) is 4.18. The lowest BCUT2D eigenvalue weighted by Gasteiger charge is -2.31. The molecule has 146 valence electrons. The van der Waals surface area contributed by atoms with E-state index in [2.05, 4.69) is 13.8 Å². The van der Waals surface area contributed by atoms with E-state index < -0.39 is 11.4 Å². The van der Waals surface area contributed by atoms with Gasteiger partial charge in [-0.3, -0.25) is 4.79 Å². The molecule has 1 aliphatic rings. The largest absolute Gasteiger partial charge is 0.477 e. The molecule has 5 rings (SSSR count). The van der Waals surface area contributed by atoms with Crippen molar-refractivity contribution in [1.82, 2.24) is 4.57 Å². The van der Waals surface area contributed by atoms with E-state index in [1.807, 2.05) is 34.9 Å². The second kappa shape index (κ2) is 6.24. The van der Waals surface area contributed by atoms with Crippen molar-refractivity contribution in [1.29, 1.82) is 0 Å². The molecule has 3 aromatic heterocycles. The van der Waals surface area contributed by atoms with Crippen molar-refractivity contribution in [2.45, 2.75) is 26.3 Å². The van der Waals surface area contributed by atoms with Crippen LogP contribution in [0.5, 0.6) is 0 Å². The van der Waals surface area contributed by atoms with Crippen LogP contribution in [0, 0.1) is 5.92 Å². The summed E-state index contributed by atoms with van der Waals surface area (Å²) in [4.78, 5) is 23.9. The Morgan fingerprint density at radius 3 is 2.76 bits per heavy atom. The lowest BCUT2D eigenvalue weighted by Crippen LogP contribution is -2.27. The first kappa shape index (κ1) is 17.6. The van der Waals surface area contributed by atoms with Crippen LogP contribution in [0.25, 0.3) is 33.7 Å². The minimum absolute atomic E-state index is 0.0178. The summed E-state index contributed by atoms with van der Waals surface area (Å²) in [5, 5.41) is 10.4. The molecule has 6 heteroatoms. The van der Waals surface area contributed by atoms with Gasteiger partial charge in [0, 0.05) is 29.3 Å². The van der Waals surface area contributed by atoms with Crippen molar-refractivity contribution in [2.75, 3.05) is 0 Å². The van der Waals surface area contributed by atoms with Gasteiger partial charge < -0.3 is 18.5 Å². The van der Waals surface area contributed by atoms with Crippen molar-refractivity contribution in [3.05, 3.63) is 70.2 Å². The number of furan rings is 2. The zero-order chi connectivity index (χ0) is 20.3. The van der Waals surface area contributed by atoms with Gasteiger partial charge in [-0.25, -0.2) is 4.79 Å². The Morgan fingerprint density at radius 1 is 1.24 bits per heavy atom. The fourth-order valence-corrected chi connectivity index (χ4v) is 4.24. The van der Waals surface area contributed by atoms with Gasteiger partial charge in [-0.15, -0.1) is 0 Å². The third kappa shape index (κ3) is 2.56. The van der Waals surface area contributed by atoms with Crippen LogP contribution in [0.1, 0.15) is 35.8 Å². The summed E-state index contributed by atoms with van der Waals surface area (Å²) in [6, 6.07) is 11.0. The molecule has 0 unspecified atom stereocenters. The van der Waals surface area contributed by atoms with Gasteiger partial charge in [0.25, 0.3) is 0 Å². The molecule has 0 amide bonds. The van der Waals surface area contributed by atoms with Crippen LogP contribution in [0.15, 0.2) is 62.5 Å². The summed E-state index contributed by atoms with van der Waals surface area (Å²) >= 11 is 0. The number of hydrogen-bond donors (Lipinski definition) is 1. The Hall–Kier alpha value is -3.54. The van der Waals surface area contributed by atoms with Crippen molar-refractivity contribution in [2.24, 2.45) is 5.92 Å². The molecule has 29 heavy (non-hydrogen) atoms. The highest BCUT2D eigenvalue weighted by Crippen LogP contribution is 2.44. The standard InChI is InChI=1S/C23H19NO5/c1-12(2)17-9-15-13-5-3-6-14(20-7-4-8-28-20)21(13)29-22(15)18-10-19(25)16(23(26)27)11-24(17)18/h3-8,10-12,17H,9H2,1-2H3,(H,26,27)/t17-/m0/s1. The number of carbonyl (C=O) groups is 1. The Morgan fingerprint density at radius 2 is 2.07 bits per heavy atom. The second-order valence-electron chi connectivity index (χ2n) is 7.73. The predicted molar refractivity (Wildman–Crippen MR) is 108 cm³/mol. The predicted octanol–water partition coefficient (Wildman–Crippen LogP) is 4.97. The molecular weight excluding hydrogens is 370 g/mol. The van der Waals surface area contributed by atoms with Gasteiger partial charge in [-0.05, 0) is 30.5 Å². The van der Waals surface area contributed by atoms with Crippen LogP contribution < -0.4 is 5.43 Å². The molecule has 0 fully saturated rings. The molecule has 1 aliphatic heterocycles. The second-order valence-corrected chi connectivity index (χ2v) is 7.73. The molecule has 0 radical (unpaired) electrons. The molecule has 4 aromatic rings. The molecule has 1 N–H and O–H groups in total. The summed E-state index contributed by atoms with van der Waals surface area (Å²) < 4.78 is 13.7. The summed E-state index contributed by atoms with van der Waals surface area (Å²) in [7, 11) is 0. The highest BCUT2D eigenvalue weighted by Gasteiger charge is 2.32. The van der Waals surface area contributed by atoms with E-state index in [-0.39, 0.29) is 17.5 Å². The quantitative estimate of drug-likeness (QED) is 0.534. The molecular formula is C23H19NO5. The Kier molecular flexibility index (Phi) is 3.77. The maximum Gasteiger partial charge on any atom is 0.341 e. The minimum Gasteiger partial charge on any atom is -0.477 e. The molecule has 1 aromatic carbocycles. The van der Waals surface area contributed by atoms with E-state index in [0.29, 0.717) is 29.2 Å². The molecule has 0 bridgehead atoms. The molecule has 4 heterocycles. The smallest absolute Gasteiger partial charge is 0.341 e. The summed E-state index contributed by atoms with van der Waals surface area (Å²) in [6.07, 6.45) is 3.76. The third-order valence-electron chi connectivity index (χ3n) is 5.69. The Balaban J connectivity index is 1.83. The number of pyridine rings is 1. The monoisotopic (exact) mass is 389 g/mol. The van der Waals surface area contributed by atoms with Crippen molar-refractivity contribution < 1.29 is 18.7 Å². The van der Waals surface area contributed by atoms with Gasteiger partial charge in [-0.1, -0.05) is 26.0 Å². The van der Waals surface area contributed by atoms with Crippen molar-refractivity contribution in [3.63, 3.8) is 0 Å². The zero-order valence-corrected chi connectivity index (χ0v) is 16.0. The highest BCUT2D eigenvalue weighted by molar-refractivity contribution is 5.97. The number of benzene rings is 1. The van der Waals surface area contributed by atoms with Gasteiger partial charge in [0.15, 0.2) is 11.2 Å². The molecule has 1 atom stereocenters. The summed E-state index contributed by atoms with van der Waals surface area (Å²) in [5.74, 6) is 0.346. The molecule has 0 saturated carbocycles. The van der Waals surface area contributed by atoms with Gasteiger partial charge in [-0.2, -0.15) is 0 Å². The lowest BCUT2D eigenvalue weighted by molar-refractivity contribution is 0.0694. The number of carboxylic acids is 1. The lowest BCUT2D eigenvalue weighted by atomic mass is 9.89. The van der Waals surface area contributed by atoms with Crippen molar-refractivity contribution >= 4 is 16.9 Å². The van der Waals surface area contributed by atoms with Gasteiger partial charge in [0.1, 0.15) is 16.9 Å². The first-order valence-electron chi connectivity index (χ1n) is 9.54. The van der Waals surface area contributed by atoms with E-state index in [1.165, 1.54) is 12.3 Å². The normalized spacial score (nSPS) is 15.5. The van der Waals surface area contributed by atoms with Crippen LogP contribution in [0.3, 0.4) is 0 Å². The molecule has 6 nitrogen and oxygen atoms in total. The highest BCUT2D eigenvalue weighted by atomic mass is 16.4. The van der Waals surface area contributed by atoms with Gasteiger partial charge >= 0.3 is 5.97 Å². The Bertz CT molecular complexity index is 1310. The maximum atomic E-state index is 12.4. The number of aromatic nitrogens is 1. The fourth-order valence-electron chi connectivity index (χ4n) is 4.24. The minimum atomic E-state index is -1.22. The van der Waals surface area contributed by atoms with E-state index >= 15 is 0 Å². The van der Waals surface area contributed by atoms with E-state index in [4.69, 9.17) is 8.83 Å². The van der Waals surface area contributed by atoms with Crippen LogP contribution in [-0.4, -0.2) is 15.6 Å². The fraction of sp³-hybridized carbons (Fsp3) is 0.217. The number of carboxylic acid groups (broad SMARTS) is 1. The maximum absolute atomic E-state index is 12.4. The van der Waals surface area contributed by atoms with E-state index in [1.54, 1.807) is 6.26 Å². The summed E-state index contributed by atoms with van der Waals surface area (Å²) in [5.41, 5.74) is 2.45. The first-order chi connectivity index (χ1) is 14.0. The Labute approximate surface area is 166 Å². The number of para-hydroxylation sites is 1. The van der Waals surface area contributed by atoms with Gasteiger partial charge in [0.2, 0.25) is 0 Å². The SMILES string of the molecule is CC(C)[C@@H]1Cc2c(oc3c(-c4ccco4)cccc23)-c2cc(=O)c(C(=O)O)cn21. The zero-order valence-electron chi connectivity index (χ0n) is 16.0. The topological polar surface area (TPSA) is 85.6 Å². The number of rotatable bonds is 3. The average molecular weight is 389 g/mol. The number of hydrogen-bond acceptors (Lipinski definition) is 4. The van der Waals surface area contributed by atoms with Crippen LogP contribution in [0.4, 0.5) is 0 Å². The van der Waals surface area contributed by atoms with Gasteiger partial charge in [0.05, 0.1) is 17.5 Å². The third-order valence-corrected chi connectivity index (χ3v) is 5.69. The first-order valence-corrected chi connectivity index (χ1v) is 9.54. The number of nitrogens with zero attached hydrogens (tertiary/aromatic N) is 1. The molecule has 0 spiro atoms. The molecule has 0 aliphatic carbocycles. The molecule has 0 saturated heterocycles. The number of fused-ring (bicyclic) bond motifs is 5.